The molecule has 0 aliphatic carbocycles. The van der Waals surface area contributed by atoms with Crippen LogP contribution in [0, 0.1) is 0 Å². The highest BCUT2D eigenvalue weighted by Crippen LogP contribution is 2.23. The predicted octanol–water partition coefficient (Wildman–Crippen LogP) is 3.59. The lowest BCUT2D eigenvalue weighted by Crippen LogP contribution is -2.20. The van der Waals surface area contributed by atoms with Crippen molar-refractivity contribution in [3.05, 3.63) is 64.1 Å². The minimum atomic E-state index is 0.564. The Morgan fingerprint density at radius 1 is 1.11 bits per heavy atom. The maximum atomic E-state index is 5.67. The van der Waals surface area contributed by atoms with Gasteiger partial charge in [0.1, 0.15) is 0 Å². The smallest absolute Gasteiger partial charge is 0.0375 e. The SMILES string of the molecule is CN(CCc1ccccc1)c1ccc(CN)c(Br)c1. The van der Waals surface area contributed by atoms with Gasteiger partial charge in [0.05, 0.1) is 0 Å². The van der Waals surface area contributed by atoms with Gasteiger partial charge in [-0.05, 0) is 29.7 Å². The standard InChI is InChI=1S/C16H19BrN2/c1-19(10-9-13-5-3-2-4-6-13)15-8-7-14(12-18)16(17)11-15/h2-8,11H,9-10,12,18H2,1H3. The summed E-state index contributed by atoms with van der Waals surface area (Å²) in [6.07, 6.45) is 1.05. The molecule has 0 heterocycles. The molecule has 0 aliphatic heterocycles. The normalized spacial score (nSPS) is 10.5. The molecule has 0 aromatic heterocycles. The average Bonchev–Trinajstić information content (AvgIpc) is 2.45. The Balaban J connectivity index is 2.00. The summed E-state index contributed by atoms with van der Waals surface area (Å²) >= 11 is 3.56. The van der Waals surface area contributed by atoms with E-state index >= 15 is 0 Å². The topological polar surface area (TPSA) is 29.3 Å². The molecule has 2 rings (SSSR count). The van der Waals surface area contributed by atoms with E-state index < -0.39 is 0 Å². The van der Waals surface area contributed by atoms with Crippen molar-refractivity contribution in [1.29, 1.82) is 0 Å². The van der Waals surface area contributed by atoms with Crippen LogP contribution in [0.25, 0.3) is 0 Å². The van der Waals surface area contributed by atoms with E-state index in [-0.39, 0.29) is 0 Å². The second kappa shape index (κ2) is 6.73. The van der Waals surface area contributed by atoms with Crippen molar-refractivity contribution >= 4 is 21.6 Å². The number of nitrogens with zero attached hydrogens (tertiary/aromatic N) is 1. The zero-order chi connectivity index (χ0) is 13.7. The molecular formula is C16H19BrN2. The van der Waals surface area contributed by atoms with Crippen LogP contribution in [0.2, 0.25) is 0 Å². The average molecular weight is 319 g/mol. The van der Waals surface area contributed by atoms with Crippen molar-refractivity contribution in [2.45, 2.75) is 13.0 Å². The van der Waals surface area contributed by atoms with Crippen LogP contribution in [0.5, 0.6) is 0 Å². The molecule has 0 fully saturated rings. The van der Waals surface area contributed by atoms with E-state index in [1.165, 1.54) is 11.3 Å². The number of nitrogens with two attached hydrogens (primary N) is 1. The Morgan fingerprint density at radius 2 is 1.84 bits per heavy atom. The zero-order valence-corrected chi connectivity index (χ0v) is 12.7. The van der Waals surface area contributed by atoms with Crippen molar-refractivity contribution in [2.75, 3.05) is 18.5 Å². The molecule has 100 valence electrons. The lowest BCUT2D eigenvalue weighted by atomic mass is 10.1. The fourth-order valence-corrected chi connectivity index (χ4v) is 2.54. The minimum Gasteiger partial charge on any atom is -0.374 e. The summed E-state index contributed by atoms with van der Waals surface area (Å²) in [5.74, 6) is 0. The summed E-state index contributed by atoms with van der Waals surface area (Å²) in [6, 6.07) is 16.9. The first kappa shape index (κ1) is 14.1. The van der Waals surface area contributed by atoms with Crippen LogP contribution < -0.4 is 10.6 Å². The van der Waals surface area contributed by atoms with Crippen LogP contribution in [0.1, 0.15) is 11.1 Å². The highest BCUT2D eigenvalue weighted by Gasteiger charge is 2.04. The van der Waals surface area contributed by atoms with Crippen molar-refractivity contribution in [3.63, 3.8) is 0 Å². The Hall–Kier alpha value is -1.32. The van der Waals surface area contributed by atoms with Gasteiger partial charge in [-0.3, -0.25) is 0 Å². The molecule has 2 N–H and O–H groups in total. The van der Waals surface area contributed by atoms with Crippen LogP contribution in [0.4, 0.5) is 5.69 Å². The second-order valence-electron chi connectivity index (χ2n) is 4.64. The molecule has 2 aromatic carbocycles. The summed E-state index contributed by atoms with van der Waals surface area (Å²) in [4.78, 5) is 2.26. The molecule has 0 saturated carbocycles. The van der Waals surface area contributed by atoms with Gasteiger partial charge in [0.2, 0.25) is 0 Å². The highest BCUT2D eigenvalue weighted by molar-refractivity contribution is 9.10. The molecule has 3 heteroatoms. The van der Waals surface area contributed by atoms with E-state index in [1.807, 2.05) is 0 Å². The van der Waals surface area contributed by atoms with Gasteiger partial charge in [-0.2, -0.15) is 0 Å². The van der Waals surface area contributed by atoms with Crippen LogP contribution >= 0.6 is 15.9 Å². The molecule has 19 heavy (non-hydrogen) atoms. The molecular weight excluding hydrogens is 300 g/mol. The van der Waals surface area contributed by atoms with E-state index in [1.54, 1.807) is 0 Å². The van der Waals surface area contributed by atoms with Gasteiger partial charge in [0, 0.05) is 30.3 Å². The van der Waals surface area contributed by atoms with Gasteiger partial charge in [-0.25, -0.2) is 0 Å². The largest absolute Gasteiger partial charge is 0.374 e. The number of likely N-dealkylation sites (N-methyl/N-ethyl adjacent to an activating group) is 1. The van der Waals surface area contributed by atoms with Crippen LogP contribution in [0.15, 0.2) is 53.0 Å². The quantitative estimate of drug-likeness (QED) is 0.912. The van der Waals surface area contributed by atoms with Gasteiger partial charge in [0.25, 0.3) is 0 Å². The molecule has 0 radical (unpaired) electrons. The molecule has 2 aromatic rings. The molecule has 0 unspecified atom stereocenters. The first-order chi connectivity index (χ1) is 9.20. The Kier molecular flexibility index (Phi) is 5.00. The van der Waals surface area contributed by atoms with Crippen LogP contribution in [-0.2, 0) is 13.0 Å². The van der Waals surface area contributed by atoms with Gasteiger partial charge in [0.15, 0.2) is 0 Å². The van der Waals surface area contributed by atoms with E-state index in [0.29, 0.717) is 6.54 Å². The van der Waals surface area contributed by atoms with Crippen molar-refractivity contribution in [2.24, 2.45) is 5.73 Å². The van der Waals surface area contributed by atoms with E-state index in [4.69, 9.17) is 5.73 Å². The molecule has 0 saturated heterocycles. The van der Waals surface area contributed by atoms with Gasteiger partial charge < -0.3 is 10.6 Å². The third kappa shape index (κ3) is 3.82. The lowest BCUT2D eigenvalue weighted by Gasteiger charge is -2.20. The molecule has 0 atom stereocenters. The minimum absolute atomic E-state index is 0.564. The Labute approximate surface area is 123 Å². The first-order valence-electron chi connectivity index (χ1n) is 6.44. The fraction of sp³-hybridized carbons (Fsp3) is 0.250. The van der Waals surface area contributed by atoms with Crippen LogP contribution in [-0.4, -0.2) is 13.6 Å². The molecule has 0 spiro atoms. The monoisotopic (exact) mass is 318 g/mol. The first-order valence-corrected chi connectivity index (χ1v) is 7.23. The van der Waals surface area contributed by atoms with Crippen molar-refractivity contribution in [3.8, 4) is 0 Å². The number of halogens is 1. The summed E-state index contributed by atoms with van der Waals surface area (Å²) in [5.41, 5.74) is 9.38. The third-order valence-electron chi connectivity index (χ3n) is 3.28. The number of hydrogen-bond acceptors (Lipinski definition) is 2. The predicted molar refractivity (Wildman–Crippen MR) is 85.4 cm³/mol. The number of rotatable bonds is 5. The summed E-state index contributed by atoms with van der Waals surface area (Å²) < 4.78 is 1.08. The highest BCUT2D eigenvalue weighted by atomic mass is 79.9. The Bertz CT molecular complexity index is 526. The van der Waals surface area contributed by atoms with E-state index in [0.717, 1.165) is 23.0 Å². The molecule has 2 nitrogen and oxygen atoms in total. The second-order valence-corrected chi connectivity index (χ2v) is 5.49. The van der Waals surface area contributed by atoms with Gasteiger partial charge in [-0.1, -0.05) is 52.3 Å². The van der Waals surface area contributed by atoms with Crippen molar-refractivity contribution < 1.29 is 0 Å². The Morgan fingerprint density at radius 3 is 2.47 bits per heavy atom. The summed E-state index contributed by atoms with van der Waals surface area (Å²) in [6.45, 7) is 1.56. The van der Waals surface area contributed by atoms with Gasteiger partial charge >= 0.3 is 0 Å². The number of anilines is 1. The van der Waals surface area contributed by atoms with Crippen molar-refractivity contribution in [1.82, 2.24) is 0 Å². The summed E-state index contributed by atoms with van der Waals surface area (Å²) in [5, 5.41) is 0. The zero-order valence-electron chi connectivity index (χ0n) is 11.1. The fourth-order valence-electron chi connectivity index (χ4n) is 2.01. The maximum absolute atomic E-state index is 5.67. The third-order valence-corrected chi connectivity index (χ3v) is 4.01. The maximum Gasteiger partial charge on any atom is 0.0375 e. The molecule has 0 bridgehead atoms. The lowest BCUT2D eigenvalue weighted by molar-refractivity contribution is 0.875. The molecule has 0 aliphatic rings. The van der Waals surface area contributed by atoms with E-state index in [9.17, 15) is 0 Å². The number of hydrogen-bond donors (Lipinski definition) is 1. The molecule has 0 amide bonds. The van der Waals surface area contributed by atoms with E-state index in [2.05, 4.69) is 76.4 Å². The van der Waals surface area contributed by atoms with Gasteiger partial charge in [-0.15, -0.1) is 0 Å². The summed E-state index contributed by atoms with van der Waals surface area (Å²) in [7, 11) is 2.12. The number of benzene rings is 2. The van der Waals surface area contributed by atoms with Crippen LogP contribution in [0.3, 0.4) is 0 Å².